The van der Waals surface area contributed by atoms with Crippen LogP contribution in [0.4, 0.5) is 5.69 Å². The van der Waals surface area contributed by atoms with Crippen molar-refractivity contribution in [3.05, 3.63) is 132 Å². The number of hydrogen-bond acceptors (Lipinski definition) is 3. The second-order valence-corrected chi connectivity index (χ2v) is 9.25. The van der Waals surface area contributed by atoms with Crippen LogP contribution >= 0.6 is 0 Å². The maximum atomic E-state index is 13.8. The quantitative estimate of drug-likeness (QED) is 0.249. The molecule has 2 amide bonds. The van der Waals surface area contributed by atoms with E-state index in [1.54, 1.807) is 18.2 Å². The van der Waals surface area contributed by atoms with Gasteiger partial charge in [0.05, 0.1) is 45.2 Å². The van der Waals surface area contributed by atoms with E-state index in [2.05, 4.69) is 34.9 Å². The van der Waals surface area contributed by atoms with Gasteiger partial charge in [-0.2, -0.15) is 5.26 Å². The molecule has 0 aliphatic carbocycles. The Bertz CT molecular complexity index is 1960. The number of fused-ring (bicyclic) bond motifs is 4. The lowest BCUT2D eigenvalue weighted by Crippen LogP contribution is -2.29. The monoisotopic (exact) mass is 489 g/mol. The Kier molecular flexibility index (Phi) is 4.75. The van der Waals surface area contributed by atoms with Crippen LogP contribution in [0.3, 0.4) is 0 Å². The number of para-hydroxylation sites is 2. The molecule has 0 saturated carbocycles. The SMILES string of the molecule is N#Cc1ccc(-c2ccc3c4ccccc4n(-c4cccc5c4C(=O)N(c4ccccc4)C5=O)c3c2)cc1. The fraction of sp³-hybridized carbons (Fsp3) is 0. The van der Waals surface area contributed by atoms with Gasteiger partial charge < -0.3 is 4.57 Å². The third kappa shape index (κ3) is 3.11. The van der Waals surface area contributed by atoms with Crippen LogP contribution in [-0.2, 0) is 0 Å². The van der Waals surface area contributed by atoms with Gasteiger partial charge in [0, 0.05) is 10.8 Å². The van der Waals surface area contributed by atoms with Crippen molar-refractivity contribution < 1.29 is 9.59 Å². The van der Waals surface area contributed by atoms with Crippen LogP contribution in [0.5, 0.6) is 0 Å². The molecule has 7 rings (SSSR count). The molecule has 5 aromatic carbocycles. The number of carbonyl (C=O) groups excluding carboxylic acids is 2. The van der Waals surface area contributed by atoms with Crippen LogP contribution in [0.25, 0.3) is 38.6 Å². The van der Waals surface area contributed by atoms with Crippen molar-refractivity contribution in [1.29, 1.82) is 5.26 Å². The Labute approximate surface area is 218 Å². The molecule has 178 valence electrons. The van der Waals surface area contributed by atoms with Gasteiger partial charge in [-0.1, -0.05) is 66.7 Å². The number of anilines is 1. The van der Waals surface area contributed by atoms with Crippen LogP contribution in [-0.4, -0.2) is 16.4 Å². The van der Waals surface area contributed by atoms with E-state index in [1.165, 1.54) is 4.90 Å². The van der Waals surface area contributed by atoms with Gasteiger partial charge in [-0.25, -0.2) is 4.90 Å². The molecule has 0 unspecified atom stereocenters. The summed E-state index contributed by atoms with van der Waals surface area (Å²) in [4.78, 5) is 28.5. The summed E-state index contributed by atoms with van der Waals surface area (Å²) in [6, 6.07) is 38.5. The minimum Gasteiger partial charge on any atom is -0.308 e. The number of imide groups is 1. The molecule has 38 heavy (non-hydrogen) atoms. The van der Waals surface area contributed by atoms with Crippen LogP contribution < -0.4 is 4.90 Å². The molecule has 0 atom stereocenters. The smallest absolute Gasteiger partial charge is 0.268 e. The van der Waals surface area contributed by atoms with E-state index < -0.39 is 0 Å². The number of nitrogens with zero attached hydrogens (tertiary/aromatic N) is 3. The molecule has 0 bridgehead atoms. The van der Waals surface area contributed by atoms with Crippen molar-refractivity contribution in [2.24, 2.45) is 0 Å². The van der Waals surface area contributed by atoms with Crippen molar-refractivity contribution in [2.45, 2.75) is 0 Å². The zero-order valence-electron chi connectivity index (χ0n) is 20.1. The molecular formula is C33H19N3O2. The Morgan fingerprint density at radius 1 is 0.605 bits per heavy atom. The van der Waals surface area contributed by atoms with Crippen molar-refractivity contribution in [3.8, 4) is 22.9 Å². The maximum Gasteiger partial charge on any atom is 0.268 e. The first-order chi connectivity index (χ1) is 18.7. The first-order valence-electron chi connectivity index (χ1n) is 12.3. The second kappa shape index (κ2) is 8.29. The minimum absolute atomic E-state index is 0.322. The minimum atomic E-state index is -0.332. The lowest BCUT2D eigenvalue weighted by molar-refractivity contribution is 0.0926. The summed E-state index contributed by atoms with van der Waals surface area (Å²) in [5.41, 5.74) is 6.48. The summed E-state index contributed by atoms with van der Waals surface area (Å²) in [6.45, 7) is 0. The Morgan fingerprint density at radius 3 is 2.11 bits per heavy atom. The highest BCUT2D eigenvalue weighted by Crippen LogP contribution is 2.38. The number of amides is 2. The largest absolute Gasteiger partial charge is 0.308 e. The number of nitriles is 1. The maximum absolute atomic E-state index is 13.8. The van der Waals surface area contributed by atoms with Gasteiger partial charge in [-0.05, 0) is 59.7 Å². The van der Waals surface area contributed by atoms with Gasteiger partial charge in [0.2, 0.25) is 0 Å². The van der Waals surface area contributed by atoms with Crippen molar-refractivity contribution in [3.63, 3.8) is 0 Å². The second-order valence-electron chi connectivity index (χ2n) is 9.25. The third-order valence-corrected chi connectivity index (χ3v) is 7.17. The summed E-state index contributed by atoms with van der Waals surface area (Å²) >= 11 is 0. The number of hydrogen-bond donors (Lipinski definition) is 0. The van der Waals surface area contributed by atoms with E-state index in [-0.39, 0.29) is 11.8 Å². The molecule has 2 heterocycles. The summed E-state index contributed by atoms with van der Waals surface area (Å²) in [5, 5.41) is 11.3. The van der Waals surface area contributed by atoms with Crippen LogP contribution in [0, 0.1) is 11.3 Å². The normalized spacial score (nSPS) is 12.8. The van der Waals surface area contributed by atoms with Crippen molar-refractivity contribution in [2.75, 3.05) is 4.90 Å². The van der Waals surface area contributed by atoms with E-state index in [0.29, 0.717) is 28.1 Å². The van der Waals surface area contributed by atoms with Crippen LogP contribution in [0.1, 0.15) is 26.3 Å². The molecule has 0 saturated heterocycles. The number of aromatic nitrogens is 1. The average molecular weight is 490 g/mol. The van der Waals surface area contributed by atoms with E-state index in [1.807, 2.05) is 72.8 Å². The summed E-state index contributed by atoms with van der Waals surface area (Å²) in [5.74, 6) is -0.655. The molecular weight excluding hydrogens is 470 g/mol. The Hall–Kier alpha value is -5.47. The highest BCUT2D eigenvalue weighted by Gasteiger charge is 2.39. The van der Waals surface area contributed by atoms with E-state index in [0.717, 1.165) is 32.9 Å². The molecule has 0 fully saturated rings. The molecule has 0 N–H and O–H groups in total. The lowest BCUT2D eigenvalue weighted by atomic mass is 10.0. The van der Waals surface area contributed by atoms with Gasteiger partial charge in [0.15, 0.2) is 0 Å². The molecule has 0 spiro atoms. The summed E-state index contributed by atoms with van der Waals surface area (Å²) < 4.78 is 2.08. The van der Waals surface area contributed by atoms with Crippen molar-refractivity contribution >= 4 is 39.3 Å². The summed E-state index contributed by atoms with van der Waals surface area (Å²) in [6.07, 6.45) is 0. The summed E-state index contributed by atoms with van der Waals surface area (Å²) in [7, 11) is 0. The third-order valence-electron chi connectivity index (χ3n) is 7.17. The van der Waals surface area contributed by atoms with Crippen molar-refractivity contribution in [1.82, 2.24) is 4.57 Å². The van der Waals surface area contributed by atoms with E-state index in [4.69, 9.17) is 0 Å². The van der Waals surface area contributed by atoms with Gasteiger partial charge in [-0.15, -0.1) is 0 Å². The average Bonchev–Trinajstić information content (AvgIpc) is 3.44. The van der Waals surface area contributed by atoms with Crippen LogP contribution in [0.15, 0.2) is 115 Å². The first-order valence-corrected chi connectivity index (χ1v) is 12.3. The molecule has 5 heteroatoms. The fourth-order valence-electron chi connectivity index (χ4n) is 5.41. The number of carbonyl (C=O) groups is 2. The molecule has 1 aromatic heterocycles. The van der Waals surface area contributed by atoms with Gasteiger partial charge >= 0.3 is 0 Å². The molecule has 1 aliphatic rings. The Morgan fingerprint density at radius 2 is 1.32 bits per heavy atom. The highest BCUT2D eigenvalue weighted by molar-refractivity contribution is 6.35. The first kappa shape index (κ1) is 21.8. The molecule has 5 nitrogen and oxygen atoms in total. The number of benzene rings is 5. The van der Waals surface area contributed by atoms with Gasteiger partial charge in [-0.3, -0.25) is 9.59 Å². The Balaban J connectivity index is 1.49. The predicted octanol–water partition coefficient (Wildman–Crippen LogP) is 7.12. The molecule has 0 radical (unpaired) electrons. The topological polar surface area (TPSA) is 66.1 Å². The van der Waals surface area contributed by atoms with Crippen LogP contribution in [0.2, 0.25) is 0 Å². The van der Waals surface area contributed by atoms with Gasteiger partial charge in [0.25, 0.3) is 11.8 Å². The van der Waals surface area contributed by atoms with E-state index >= 15 is 0 Å². The van der Waals surface area contributed by atoms with E-state index in [9.17, 15) is 14.9 Å². The molecule has 1 aliphatic heterocycles. The zero-order chi connectivity index (χ0) is 25.8. The highest BCUT2D eigenvalue weighted by atomic mass is 16.2. The van der Waals surface area contributed by atoms with Gasteiger partial charge in [0.1, 0.15) is 0 Å². The standard InChI is InChI=1S/C33H19N3O2/c34-20-21-13-15-22(16-14-21)23-17-18-26-25-9-4-5-11-28(25)36(30(26)19-23)29-12-6-10-27-31(29)33(38)35(32(27)37)24-7-2-1-3-8-24/h1-19H. The lowest BCUT2D eigenvalue weighted by Gasteiger charge is -2.14. The zero-order valence-corrected chi connectivity index (χ0v) is 20.1. The number of rotatable bonds is 3. The predicted molar refractivity (Wildman–Crippen MR) is 149 cm³/mol. The fourth-order valence-corrected chi connectivity index (χ4v) is 5.41. The molecule has 6 aromatic rings.